The lowest BCUT2D eigenvalue weighted by atomic mass is 9.94. The van der Waals surface area contributed by atoms with Crippen molar-refractivity contribution in [3.05, 3.63) is 59.4 Å². The third kappa shape index (κ3) is 4.40. The van der Waals surface area contributed by atoms with Crippen molar-refractivity contribution in [3.63, 3.8) is 0 Å². The Morgan fingerprint density at radius 1 is 1.03 bits per heavy atom. The van der Waals surface area contributed by atoms with Crippen LogP contribution >= 0.6 is 0 Å². The average molecular weight is 412 g/mol. The number of nitrogens with one attached hydrogen (secondary N) is 1. The number of benzene rings is 2. The summed E-state index contributed by atoms with van der Waals surface area (Å²) in [4.78, 5) is 27.0. The van der Waals surface area contributed by atoms with Crippen LogP contribution in [-0.2, 0) is 4.79 Å². The van der Waals surface area contributed by atoms with Gasteiger partial charge in [0.2, 0.25) is 5.91 Å². The van der Waals surface area contributed by atoms with Crippen molar-refractivity contribution in [3.8, 4) is 11.5 Å². The van der Waals surface area contributed by atoms with E-state index in [0.29, 0.717) is 50.5 Å². The largest absolute Gasteiger partial charge is 0.486 e. The van der Waals surface area contributed by atoms with E-state index in [1.54, 1.807) is 4.90 Å². The van der Waals surface area contributed by atoms with Crippen molar-refractivity contribution in [1.29, 1.82) is 0 Å². The molecule has 1 saturated heterocycles. The quantitative estimate of drug-likeness (QED) is 0.837. The molecular weight excluding hydrogens is 387 g/mol. The first-order chi connectivity index (χ1) is 14.5. The molecule has 1 fully saturated rings. The number of nitrogens with zero attached hydrogens (tertiary/aromatic N) is 1. The van der Waals surface area contributed by atoms with E-state index in [1.807, 2.05) is 25.1 Å². The van der Waals surface area contributed by atoms with E-state index in [2.05, 4.69) is 5.32 Å². The van der Waals surface area contributed by atoms with Crippen molar-refractivity contribution in [1.82, 2.24) is 10.2 Å². The second-order valence-corrected chi connectivity index (χ2v) is 7.71. The number of carbonyl (C=O) groups excluding carboxylic acids is 2. The molecule has 0 radical (unpaired) electrons. The van der Waals surface area contributed by atoms with Gasteiger partial charge in [-0.2, -0.15) is 0 Å². The molecule has 0 spiro atoms. The Bertz CT molecular complexity index is 923. The summed E-state index contributed by atoms with van der Waals surface area (Å²) in [5.41, 5.74) is 1.42. The van der Waals surface area contributed by atoms with Gasteiger partial charge in [-0.15, -0.1) is 0 Å². The van der Waals surface area contributed by atoms with E-state index in [-0.39, 0.29) is 29.6 Å². The Morgan fingerprint density at radius 3 is 2.40 bits per heavy atom. The number of halogens is 1. The summed E-state index contributed by atoms with van der Waals surface area (Å²) in [6.07, 6.45) is 1.21. The van der Waals surface area contributed by atoms with Crippen LogP contribution in [0.15, 0.2) is 42.5 Å². The molecule has 30 heavy (non-hydrogen) atoms. The Hall–Kier alpha value is -3.09. The van der Waals surface area contributed by atoms with Gasteiger partial charge in [0.05, 0.1) is 6.04 Å². The van der Waals surface area contributed by atoms with Crippen LogP contribution in [0.25, 0.3) is 0 Å². The van der Waals surface area contributed by atoms with E-state index in [9.17, 15) is 14.0 Å². The molecule has 4 rings (SSSR count). The van der Waals surface area contributed by atoms with E-state index in [4.69, 9.17) is 9.47 Å². The molecular formula is C23H25FN2O4. The zero-order chi connectivity index (χ0) is 21.1. The van der Waals surface area contributed by atoms with E-state index < -0.39 is 0 Å². The minimum absolute atomic E-state index is 0.00808. The maximum atomic E-state index is 13.1. The highest BCUT2D eigenvalue weighted by molar-refractivity contribution is 5.94. The van der Waals surface area contributed by atoms with Crippen molar-refractivity contribution in [2.24, 2.45) is 5.92 Å². The minimum atomic E-state index is -0.367. The molecule has 0 aliphatic carbocycles. The summed E-state index contributed by atoms with van der Waals surface area (Å²) in [6, 6.07) is 11.1. The monoisotopic (exact) mass is 412 g/mol. The second-order valence-electron chi connectivity index (χ2n) is 7.71. The fourth-order valence-corrected chi connectivity index (χ4v) is 3.86. The van der Waals surface area contributed by atoms with Crippen LogP contribution in [0.3, 0.4) is 0 Å². The van der Waals surface area contributed by atoms with Crippen LogP contribution in [0.2, 0.25) is 0 Å². The lowest BCUT2D eigenvalue weighted by Gasteiger charge is -2.32. The Kier molecular flexibility index (Phi) is 5.88. The number of ether oxygens (including phenoxy) is 2. The first-order valence-electron chi connectivity index (χ1n) is 10.3. The number of amides is 2. The molecule has 0 aromatic heterocycles. The molecule has 2 amide bonds. The van der Waals surface area contributed by atoms with Crippen LogP contribution in [0, 0.1) is 11.7 Å². The molecule has 7 heteroatoms. The van der Waals surface area contributed by atoms with Crippen molar-refractivity contribution < 1.29 is 23.5 Å². The van der Waals surface area contributed by atoms with E-state index in [0.717, 1.165) is 11.3 Å². The molecule has 2 heterocycles. The summed E-state index contributed by atoms with van der Waals surface area (Å²) in [5.74, 6) is 0.787. The number of hydrogen-bond acceptors (Lipinski definition) is 4. The number of likely N-dealkylation sites (tertiary alicyclic amines) is 1. The lowest BCUT2D eigenvalue weighted by Crippen LogP contribution is -2.43. The predicted octanol–water partition coefficient (Wildman–Crippen LogP) is 3.33. The SMILES string of the molecule is C[C@@H](NC(=O)C1CCN(C(=O)c2ccc(F)cc2)CC1)c1ccc2c(c1)OCCO2. The summed E-state index contributed by atoms with van der Waals surface area (Å²) in [7, 11) is 0. The molecule has 0 unspecified atom stereocenters. The van der Waals surface area contributed by atoms with Gasteiger partial charge in [0.25, 0.3) is 5.91 Å². The average Bonchev–Trinajstić information content (AvgIpc) is 2.79. The summed E-state index contributed by atoms with van der Waals surface area (Å²) < 4.78 is 24.2. The van der Waals surface area contributed by atoms with Gasteiger partial charge in [-0.25, -0.2) is 4.39 Å². The van der Waals surface area contributed by atoms with Crippen LogP contribution in [-0.4, -0.2) is 43.0 Å². The summed E-state index contributed by atoms with van der Waals surface area (Å²) in [6.45, 7) is 4.02. The molecule has 158 valence electrons. The summed E-state index contributed by atoms with van der Waals surface area (Å²) >= 11 is 0. The first-order valence-corrected chi connectivity index (χ1v) is 10.3. The molecule has 0 saturated carbocycles. The molecule has 2 aliphatic heterocycles. The van der Waals surface area contributed by atoms with Gasteiger partial charge in [0.15, 0.2) is 11.5 Å². The van der Waals surface area contributed by atoms with Crippen LogP contribution < -0.4 is 14.8 Å². The zero-order valence-corrected chi connectivity index (χ0v) is 16.9. The van der Waals surface area contributed by atoms with Gasteiger partial charge >= 0.3 is 0 Å². The van der Waals surface area contributed by atoms with Crippen LogP contribution in [0.5, 0.6) is 11.5 Å². The van der Waals surface area contributed by atoms with Gasteiger partial charge in [0.1, 0.15) is 19.0 Å². The van der Waals surface area contributed by atoms with Gasteiger partial charge in [-0.3, -0.25) is 9.59 Å². The number of hydrogen-bond donors (Lipinski definition) is 1. The van der Waals surface area contributed by atoms with Gasteiger partial charge in [-0.1, -0.05) is 6.07 Å². The normalized spacial score (nSPS) is 17.3. The Balaban J connectivity index is 1.31. The highest BCUT2D eigenvalue weighted by Crippen LogP contribution is 2.32. The van der Waals surface area contributed by atoms with Crippen LogP contribution in [0.1, 0.15) is 41.7 Å². The number of rotatable bonds is 4. The van der Waals surface area contributed by atoms with Crippen molar-refractivity contribution in [2.75, 3.05) is 26.3 Å². The predicted molar refractivity (Wildman–Crippen MR) is 109 cm³/mol. The highest BCUT2D eigenvalue weighted by atomic mass is 19.1. The van der Waals surface area contributed by atoms with Gasteiger partial charge in [0, 0.05) is 24.6 Å². The smallest absolute Gasteiger partial charge is 0.253 e. The minimum Gasteiger partial charge on any atom is -0.486 e. The second kappa shape index (κ2) is 8.73. The number of carbonyl (C=O) groups is 2. The molecule has 2 aromatic carbocycles. The summed E-state index contributed by atoms with van der Waals surface area (Å²) in [5, 5.41) is 3.07. The fraction of sp³-hybridized carbons (Fsp3) is 0.391. The highest BCUT2D eigenvalue weighted by Gasteiger charge is 2.28. The number of fused-ring (bicyclic) bond motifs is 1. The van der Waals surface area contributed by atoms with Crippen LogP contribution in [0.4, 0.5) is 4.39 Å². The van der Waals surface area contributed by atoms with Gasteiger partial charge < -0.3 is 19.7 Å². The van der Waals surface area contributed by atoms with E-state index in [1.165, 1.54) is 24.3 Å². The molecule has 2 aromatic rings. The molecule has 0 bridgehead atoms. The Morgan fingerprint density at radius 2 is 1.70 bits per heavy atom. The third-order valence-corrected chi connectivity index (χ3v) is 5.67. The number of piperidine rings is 1. The molecule has 2 aliphatic rings. The zero-order valence-electron chi connectivity index (χ0n) is 16.9. The first kappa shape index (κ1) is 20.2. The lowest BCUT2D eigenvalue weighted by molar-refractivity contribution is -0.127. The third-order valence-electron chi connectivity index (χ3n) is 5.67. The van der Waals surface area contributed by atoms with Crippen molar-refractivity contribution >= 4 is 11.8 Å². The Labute approximate surface area is 175 Å². The van der Waals surface area contributed by atoms with E-state index >= 15 is 0 Å². The fourth-order valence-electron chi connectivity index (χ4n) is 3.86. The van der Waals surface area contributed by atoms with Gasteiger partial charge in [-0.05, 0) is 61.7 Å². The topological polar surface area (TPSA) is 67.9 Å². The van der Waals surface area contributed by atoms with Crippen molar-refractivity contribution in [2.45, 2.75) is 25.8 Å². The standard InChI is InChI=1S/C23H25FN2O4/c1-15(18-4-7-20-21(14-18)30-13-12-29-20)25-22(27)16-8-10-26(11-9-16)23(28)17-2-5-19(24)6-3-17/h2-7,14-16H,8-13H2,1H3,(H,25,27)/t15-/m1/s1. The maximum Gasteiger partial charge on any atom is 0.253 e. The maximum absolute atomic E-state index is 13.1. The molecule has 6 nitrogen and oxygen atoms in total. The molecule has 1 atom stereocenters. The molecule has 1 N–H and O–H groups in total.